The van der Waals surface area contributed by atoms with E-state index in [4.69, 9.17) is 9.84 Å². The molecular formula is C7H10O3. The number of esters is 1. The Bertz CT molecular complexity index is 153. The maximum Gasteiger partial charge on any atom is 0.309 e. The third-order valence-corrected chi connectivity index (χ3v) is 1.45. The summed E-state index contributed by atoms with van der Waals surface area (Å²) in [6.07, 6.45) is 1.28. The van der Waals surface area contributed by atoms with E-state index in [2.05, 4.69) is 6.58 Å². The number of hydrogen-bond donors (Lipinski definition) is 1. The van der Waals surface area contributed by atoms with Crippen LogP contribution < -0.4 is 0 Å². The summed E-state index contributed by atoms with van der Waals surface area (Å²) in [5.41, 5.74) is 0. The van der Waals surface area contributed by atoms with E-state index in [0.717, 1.165) is 0 Å². The Hall–Kier alpha value is -0.830. The first-order chi connectivity index (χ1) is 4.72. The van der Waals surface area contributed by atoms with Gasteiger partial charge in [-0.1, -0.05) is 12.7 Å². The van der Waals surface area contributed by atoms with Crippen molar-refractivity contribution in [2.75, 3.05) is 0 Å². The van der Waals surface area contributed by atoms with E-state index in [1.807, 2.05) is 0 Å². The Kier molecular flexibility index (Phi) is 2.06. The smallest absolute Gasteiger partial charge is 0.309 e. The van der Waals surface area contributed by atoms with Crippen LogP contribution in [0, 0.1) is 0 Å². The number of carbonyl (C=O) groups excluding carboxylic acids is 1. The predicted octanol–water partition coefficient (Wildman–Crippen LogP) is 0.239. The molecule has 0 aromatic heterocycles. The van der Waals surface area contributed by atoms with Gasteiger partial charge in [0, 0.05) is 6.42 Å². The van der Waals surface area contributed by atoms with Crippen molar-refractivity contribution in [1.29, 1.82) is 0 Å². The molecule has 3 nitrogen and oxygen atoms in total. The van der Waals surface area contributed by atoms with Gasteiger partial charge < -0.3 is 9.84 Å². The molecule has 1 saturated heterocycles. The number of aliphatic hydroxyl groups excluding tert-OH is 1. The summed E-state index contributed by atoms with van der Waals surface area (Å²) < 4.78 is 4.79. The van der Waals surface area contributed by atoms with Gasteiger partial charge in [-0.05, 0) is 0 Å². The molecule has 1 rings (SSSR count). The van der Waals surface area contributed by atoms with Crippen molar-refractivity contribution in [3.8, 4) is 0 Å². The van der Waals surface area contributed by atoms with Gasteiger partial charge >= 0.3 is 5.97 Å². The molecule has 0 radical (unpaired) electrons. The summed E-state index contributed by atoms with van der Waals surface area (Å²) in [7, 11) is 0. The molecule has 1 N–H and O–H groups in total. The molecule has 0 unspecified atom stereocenters. The summed E-state index contributed by atoms with van der Waals surface area (Å²) in [5.74, 6) is -0.344. The summed E-state index contributed by atoms with van der Waals surface area (Å²) >= 11 is 0. The molecule has 1 heterocycles. The fourth-order valence-corrected chi connectivity index (χ4v) is 0.953. The van der Waals surface area contributed by atoms with Crippen LogP contribution in [0.1, 0.15) is 12.8 Å². The van der Waals surface area contributed by atoms with Crippen LogP contribution in [0.4, 0.5) is 0 Å². The van der Waals surface area contributed by atoms with Gasteiger partial charge in [-0.25, -0.2) is 0 Å². The molecule has 0 aliphatic carbocycles. The molecule has 2 atom stereocenters. The first-order valence-electron chi connectivity index (χ1n) is 3.22. The molecule has 0 spiro atoms. The predicted molar refractivity (Wildman–Crippen MR) is 35.3 cm³/mol. The Morgan fingerprint density at radius 2 is 2.50 bits per heavy atom. The summed E-state index contributed by atoms with van der Waals surface area (Å²) in [6.45, 7) is 3.46. The molecule has 1 fully saturated rings. The third-order valence-electron chi connectivity index (χ3n) is 1.45. The Labute approximate surface area is 59.3 Å². The normalized spacial score (nSPS) is 33.1. The van der Waals surface area contributed by atoms with Crippen molar-refractivity contribution in [3.63, 3.8) is 0 Å². The Morgan fingerprint density at radius 1 is 1.80 bits per heavy atom. The van der Waals surface area contributed by atoms with E-state index in [1.54, 1.807) is 0 Å². The number of hydrogen-bond acceptors (Lipinski definition) is 3. The zero-order chi connectivity index (χ0) is 7.56. The van der Waals surface area contributed by atoms with Gasteiger partial charge in [0.1, 0.15) is 6.10 Å². The summed E-state index contributed by atoms with van der Waals surface area (Å²) in [6, 6.07) is 0. The highest BCUT2D eigenvalue weighted by atomic mass is 16.5. The summed E-state index contributed by atoms with van der Waals surface area (Å²) in [5, 5.41) is 9.03. The first-order valence-corrected chi connectivity index (χ1v) is 3.22. The van der Waals surface area contributed by atoms with Crippen molar-refractivity contribution in [3.05, 3.63) is 12.7 Å². The third kappa shape index (κ3) is 1.57. The Morgan fingerprint density at radius 3 is 3.00 bits per heavy atom. The average Bonchev–Trinajstić information content (AvgIpc) is 1.85. The van der Waals surface area contributed by atoms with Crippen LogP contribution in [0.25, 0.3) is 0 Å². The second kappa shape index (κ2) is 2.84. The number of rotatable bonds is 1. The van der Waals surface area contributed by atoms with Crippen LogP contribution in [0.3, 0.4) is 0 Å². The SMILES string of the molecule is C=C[C@@H]1C[C@@H](O)CC(=O)O1. The molecule has 56 valence electrons. The van der Waals surface area contributed by atoms with Gasteiger partial charge in [-0.2, -0.15) is 0 Å². The van der Waals surface area contributed by atoms with E-state index in [-0.39, 0.29) is 18.5 Å². The van der Waals surface area contributed by atoms with E-state index in [0.29, 0.717) is 6.42 Å². The lowest BCUT2D eigenvalue weighted by Gasteiger charge is -2.22. The molecule has 0 aromatic rings. The standard InChI is InChI=1S/C7H10O3/c1-2-6-3-5(8)4-7(9)10-6/h2,5-6,8H,1,3-4H2/t5-,6-/m1/s1. The van der Waals surface area contributed by atoms with Gasteiger partial charge in [0.05, 0.1) is 12.5 Å². The van der Waals surface area contributed by atoms with Crippen LogP contribution in [-0.4, -0.2) is 23.3 Å². The molecule has 0 bridgehead atoms. The number of aliphatic hydroxyl groups is 1. The van der Waals surface area contributed by atoms with Crippen molar-refractivity contribution < 1.29 is 14.6 Å². The van der Waals surface area contributed by atoms with Gasteiger partial charge in [0.25, 0.3) is 0 Å². The minimum Gasteiger partial charge on any atom is -0.458 e. The molecule has 3 heteroatoms. The van der Waals surface area contributed by atoms with Crippen molar-refractivity contribution in [2.24, 2.45) is 0 Å². The number of cyclic esters (lactones) is 1. The van der Waals surface area contributed by atoms with Crippen LogP contribution in [0.2, 0.25) is 0 Å². The highest BCUT2D eigenvalue weighted by molar-refractivity contribution is 5.71. The van der Waals surface area contributed by atoms with Gasteiger partial charge in [0.15, 0.2) is 0 Å². The number of ether oxygens (including phenoxy) is 1. The minimum absolute atomic E-state index is 0.115. The Balaban J connectivity index is 2.50. The van der Waals surface area contributed by atoms with Gasteiger partial charge in [-0.15, -0.1) is 0 Å². The quantitative estimate of drug-likeness (QED) is 0.421. The monoisotopic (exact) mass is 142 g/mol. The molecule has 0 amide bonds. The molecule has 1 aliphatic rings. The second-order valence-electron chi connectivity index (χ2n) is 2.36. The fourth-order valence-electron chi connectivity index (χ4n) is 0.953. The van der Waals surface area contributed by atoms with Crippen LogP contribution >= 0.6 is 0 Å². The summed E-state index contributed by atoms with van der Waals surface area (Å²) in [4.78, 5) is 10.6. The van der Waals surface area contributed by atoms with Crippen LogP contribution in [0.5, 0.6) is 0 Å². The van der Waals surface area contributed by atoms with Crippen molar-refractivity contribution in [2.45, 2.75) is 25.0 Å². The lowest BCUT2D eigenvalue weighted by Crippen LogP contribution is -2.31. The van der Waals surface area contributed by atoms with E-state index < -0.39 is 6.10 Å². The second-order valence-corrected chi connectivity index (χ2v) is 2.36. The van der Waals surface area contributed by atoms with Gasteiger partial charge in [0.2, 0.25) is 0 Å². The van der Waals surface area contributed by atoms with Crippen molar-refractivity contribution >= 4 is 5.97 Å². The topological polar surface area (TPSA) is 46.5 Å². The van der Waals surface area contributed by atoms with Gasteiger partial charge in [-0.3, -0.25) is 4.79 Å². The lowest BCUT2D eigenvalue weighted by atomic mass is 10.1. The van der Waals surface area contributed by atoms with E-state index >= 15 is 0 Å². The highest BCUT2D eigenvalue weighted by Gasteiger charge is 2.24. The average molecular weight is 142 g/mol. The molecule has 10 heavy (non-hydrogen) atoms. The molecule has 0 saturated carbocycles. The largest absolute Gasteiger partial charge is 0.458 e. The maximum absolute atomic E-state index is 10.6. The molecule has 1 aliphatic heterocycles. The number of carbonyl (C=O) groups is 1. The molecule has 0 aromatic carbocycles. The molecular weight excluding hydrogens is 132 g/mol. The van der Waals surface area contributed by atoms with E-state index in [9.17, 15) is 4.79 Å². The lowest BCUT2D eigenvalue weighted by molar-refractivity contribution is -0.156. The maximum atomic E-state index is 10.6. The van der Waals surface area contributed by atoms with E-state index in [1.165, 1.54) is 6.08 Å². The first kappa shape index (κ1) is 7.28. The van der Waals surface area contributed by atoms with Crippen LogP contribution in [0.15, 0.2) is 12.7 Å². The zero-order valence-corrected chi connectivity index (χ0v) is 5.62. The zero-order valence-electron chi connectivity index (χ0n) is 5.62. The highest BCUT2D eigenvalue weighted by Crippen LogP contribution is 2.14. The van der Waals surface area contributed by atoms with Crippen molar-refractivity contribution in [1.82, 2.24) is 0 Å². The van der Waals surface area contributed by atoms with Crippen LogP contribution in [-0.2, 0) is 9.53 Å². The minimum atomic E-state index is -0.552. The fraction of sp³-hybridized carbons (Fsp3) is 0.571.